The van der Waals surface area contributed by atoms with E-state index < -0.39 is 0 Å². The Bertz CT molecular complexity index is 762. The Morgan fingerprint density at radius 1 is 1.26 bits per heavy atom. The van der Waals surface area contributed by atoms with Crippen LogP contribution in [0.2, 0.25) is 0 Å². The number of rotatable bonds is 4. The van der Waals surface area contributed by atoms with Crippen LogP contribution >= 0.6 is 0 Å². The van der Waals surface area contributed by atoms with Crippen molar-refractivity contribution in [2.45, 2.75) is 25.9 Å². The van der Waals surface area contributed by atoms with E-state index in [4.69, 9.17) is 9.72 Å². The highest BCUT2D eigenvalue weighted by atomic mass is 16.5. The molecule has 0 aromatic heterocycles. The summed E-state index contributed by atoms with van der Waals surface area (Å²) in [4.78, 5) is 12.7. The van der Waals surface area contributed by atoms with Gasteiger partial charge in [-0.2, -0.15) is 0 Å². The Morgan fingerprint density at radius 3 is 2.91 bits per heavy atom. The lowest BCUT2D eigenvalue weighted by atomic mass is 10.1. The predicted octanol–water partition coefficient (Wildman–Crippen LogP) is 3.48. The van der Waals surface area contributed by atoms with Crippen molar-refractivity contribution in [3.8, 4) is 22.6 Å². The smallest absolute Gasteiger partial charge is 0.156 e. The predicted molar refractivity (Wildman–Crippen MR) is 90.6 cm³/mol. The molecule has 3 aliphatic heterocycles. The number of nitrogens with zero attached hydrogens (tertiary/aromatic N) is 2. The van der Waals surface area contributed by atoms with Gasteiger partial charge in [-0.25, -0.2) is 9.97 Å². The van der Waals surface area contributed by atoms with Crippen LogP contribution in [0.3, 0.4) is 0 Å². The van der Waals surface area contributed by atoms with Crippen molar-refractivity contribution >= 4 is 5.82 Å². The first-order chi connectivity index (χ1) is 11.3. The molecule has 0 spiro atoms. The van der Waals surface area contributed by atoms with Gasteiger partial charge in [-0.1, -0.05) is 30.3 Å². The molecular weight excluding hydrogens is 288 g/mol. The first-order valence-corrected chi connectivity index (χ1v) is 8.08. The number of fused-ring (bicyclic) bond motifs is 1. The van der Waals surface area contributed by atoms with Crippen molar-refractivity contribution in [3.05, 3.63) is 42.2 Å². The fourth-order valence-corrected chi connectivity index (χ4v) is 3.03. The standard InChI is InChI=1S/C18H20N4O/c1-12-20-16-10-15(13-6-3-2-4-7-13)22-17(16)18(21-12)19-11-14-8-5-9-23-14/h2-4,6-7,10,14,19H,5,8-9,11H2,1H3,(H,20,21). The molecule has 5 heteroatoms. The van der Waals surface area contributed by atoms with E-state index in [2.05, 4.69) is 33.5 Å². The molecular formula is C18H20N4O. The summed E-state index contributed by atoms with van der Waals surface area (Å²) in [7, 11) is 0. The molecule has 4 rings (SSSR count). The first kappa shape index (κ1) is 14.2. The van der Waals surface area contributed by atoms with Gasteiger partial charge in [0.1, 0.15) is 11.5 Å². The average Bonchev–Trinajstić information content (AvgIpc) is 3.22. The van der Waals surface area contributed by atoms with Crippen LogP contribution in [-0.2, 0) is 4.74 Å². The second-order valence-corrected chi connectivity index (χ2v) is 5.96. The van der Waals surface area contributed by atoms with Crippen LogP contribution in [0.15, 0.2) is 36.4 Å². The van der Waals surface area contributed by atoms with E-state index in [1.54, 1.807) is 0 Å². The van der Waals surface area contributed by atoms with Crippen LogP contribution < -0.4 is 5.32 Å². The lowest BCUT2D eigenvalue weighted by molar-refractivity contribution is 0.120. The topological polar surface area (TPSA) is 62.8 Å². The van der Waals surface area contributed by atoms with Crippen molar-refractivity contribution in [3.63, 3.8) is 0 Å². The van der Waals surface area contributed by atoms with Gasteiger partial charge in [0, 0.05) is 18.7 Å². The van der Waals surface area contributed by atoms with Crippen molar-refractivity contribution < 1.29 is 4.74 Å². The summed E-state index contributed by atoms with van der Waals surface area (Å²) >= 11 is 0. The van der Waals surface area contributed by atoms with Gasteiger partial charge in [0.15, 0.2) is 5.82 Å². The number of hydrogen-bond donors (Lipinski definition) is 2. The number of aromatic amines is 1. The Labute approximate surface area is 135 Å². The molecule has 0 radical (unpaired) electrons. The van der Waals surface area contributed by atoms with Crippen LogP contribution in [-0.4, -0.2) is 34.2 Å². The van der Waals surface area contributed by atoms with Crippen molar-refractivity contribution in [2.75, 3.05) is 18.5 Å². The number of anilines is 1. The van der Waals surface area contributed by atoms with Crippen LogP contribution in [0.4, 0.5) is 5.82 Å². The van der Waals surface area contributed by atoms with E-state index in [-0.39, 0.29) is 6.10 Å². The number of aromatic nitrogens is 3. The zero-order valence-electron chi connectivity index (χ0n) is 13.2. The Morgan fingerprint density at radius 2 is 2.13 bits per heavy atom. The molecule has 0 saturated carbocycles. The molecule has 0 bridgehead atoms. The molecule has 0 amide bonds. The fourth-order valence-electron chi connectivity index (χ4n) is 3.03. The summed E-state index contributed by atoms with van der Waals surface area (Å²) in [5, 5.41) is 3.42. The zero-order valence-corrected chi connectivity index (χ0v) is 13.2. The minimum absolute atomic E-state index is 0.278. The Balaban J connectivity index is 1.66. The number of hydrogen-bond acceptors (Lipinski definition) is 4. The van der Waals surface area contributed by atoms with Crippen LogP contribution in [0.5, 0.6) is 0 Å². The molecule has 2 N–H and O–H groups in total. The lowest BCUT2D eigenvalue weighted by Crippen LogP contribution is -2.19. The first-order valence-electron chi connectivity index (χ1n) is 8.08. The van der Waals surface area contributed by atoms with E-state index in [1.165, 1.54) is 0 Å². The van der Waals surface area contributed by atoms with Gasteiger partial charge in [0.2, 0.25) is 0 Å². The maximum Gasteiger partial charge on any atom is 0.156 e. The molecule has 1 atom stereocenters. The summed E-state index contributed by atoms with van der Waals surface area (Å²) in [5.74, 6) is 1.70. The monoisotopic (exact) mass is 308 g/mol. The fraction of sp³-hybridized carbons (Fsp3) is 0.333. The third-order valence-electron chi connectivity index (χ3n) is 4.18. The van der Waals surface area contributed by atoms with Crippen molar-refractivity contribution in [1.29, 1.82) is 0 Å². The van der Waals surface area contributed by atoms with Crippen LogP contribution in [0.1, 0.15) is 18.7 Å². The molecule has 1 aromatic rings. The molecule has 0 aliphatic carbocycles. The van der Waals surface area contributed by atoms with Gasteiger partial charge >= 0.3 is 0 Å². The zero-order chi connectivity index (χ0) is 15.6. The summed E-state index contributed by atoms with van der Waals surface area (Å²) < 4.78 is 5.67. The molecule has 23 heavy (non-hydrogen) atoms. The maximum absolute atomic E-state index is 5.67. The lowest BCUT2D eigenvalue weighted by Gasteiger charge is -2.13. The Hall–Kier alpha value is -2.40. The largest absolute Gasteiger partial charge is 0.376 e. The number of nitrogens with one attached hydrogen (secondary N) is 2. The highest BCUT2D eigenvalue weighted by Gasteiger charge is 2.20. The number of H-pyrrole nitrogens is 1. The number of benzene rings is 1. The molecule has 3 aliphatic rings. The maximum atomic E-state index is 5.67. The van der Waals surface area contributed by atoms with Gasteiger partial charge in [0.05, 0.1) is 17.5 Å². The summed E-state index contributed by atoms with van der Waals surface area (Å²) in [6, 6.07) is 12.3. The normalized spacial score (nSPS) is 17.7. The number of aryl methyl sites for hydroxylation is 1. The molecule has 1 fully saturated rings. The van der Waals surface area contributed by atoms with Crippen molar-refractivity contribution in [1.82, 2.24) is 15.0 Å². The minimum atomic E-state index is 0.278. The molecule has 1 unspecified atom stereocenters. The number of ether oxygens (including phenoxy) is 1. The van der Waals surface area contributed by atoms with Crippen molar-refractivity contribution in [2.24, 2.45) is 0 Å². The van der Waals surface area contributed by atoms with Gasteiger partial charge < -0.3 is 15.0 Å². The highest BCUT2D eigenvalue weighted by molar-refractivity contribution is 5.77. The third-order valence-corrected chi connectivity index (χ3v) is 4.18. The summed E-state index contributed by atoms with van der Waals surface area (Å²) in [5.41, 5.74) is 3.96. The second-order valence-electron chi connectivity index (χ2n) is 5.96. The average molecular weight is 308 g/mol. The van der Waals surface area contributed by atoms with Gasteiger partial charge in [-0.15, -0.1) is 0 Å². The summed E-state index contributed by atoms with van der Waals surface area (Å²) in [6.45, 7) is 3.61. The van der Waals surface area contributed by atoms with E-state index in [0.29, 0.717) is 0 Å². The van der Waals surface area contributed by atoms with Gasteiger partial charge in [0.25, 0.3) is 0 Å². The van der Waals surface area contributed by atoms with E-state index >= 15 is 0 Å². The molecule has 118 valence electrons. The van der Waals surface area contributed by atoms with Gasteiger partial charge in [-0.3, -0.25) is 0 Å². The van der Waals surface area contributed by atoms with Gasteiger partial charge in [-0.05, 0) is 25.8 Å². The van der Waals surface area contributed by atoms with E-state index in [1.807, 2.05) is 25.1 Å². The van der Waals surface area contributed by atoms with Crippen LogP contribution in [0.25, 0.3) is 22.6 Å². The van der Waals surface area contributed by atoms with E-state index in [9.17, 15) is 0 Å². The SMILES string of the molecule is Cc1nc(NCC2CCCO2)c2nc(-c3ccccc3)cc-2[nH]1. The highest BCUT2D eigenvalue weighted by Crippen LogP contribution is 2.31. The quantitative estimate of drug-likeness (QED) is 0.774. The molecule has 1 saturated heterocycles. The molecule has 1 aromatic carbocycles. The molecule has 3 heterocycles. The van der Waals surface area contributed by atoms with Crippen LogP contribution in [0, 0.1) is 6.92 Å². The second kappa shape index (κ2) is 6.01. The summed E-state index contributed by atoms with van der Waals surface area (Å²) in [6.07, 6.45) is 2.53. The minimum Gasteiger partial charge on any atom is -0.376 e. The third kappa shape index (κ3) is 2.92. The van der Waals surface area contributed by atoms with E-state index in [0.717, 1.165) is 60.3 Å². The molecule has 5 nitrogen and oxygen atoms in total. The Kier molecular flexibility index (Phi) is 3.71.